The number of ether oxygens (including phenoxy) is 1. The van der Waals surface area contributed by atoms with Crippen LogP contribution in [0.3, 0.4) is 0 Å². The molecular weight excluding hydrogens is 444 g/mol. The molecule has 0 aliphatic heterocycles. The maximum Gasteiger partial charge on any atom is 0.328 e. The molecule has 7 heteroatoms. The lowest BCUT2D eigenvalue weighted by Gasteiger charge is -2.46. The summed E-state index contributed by atoms with van der Waals surface area (Å²) in [6, 6.07) is 9.09. The average Bonchev–Trinajstić information content (AvgIpc) is 2.93. The Kier molecular flexibility index (Phi) is 10.1. The Hall–Kier alpha value is -2.67. The SMILES string of the molecule is COC(=O)[C@@H](NC(=O)[C@@](NC(C)=O)(C(C)C)C1CC=C(C)CC(Cc2ccccc2)C1O)C(C)C. The molecule has 0 heterocycles. The van der Waals surface area contributed by atoms with Gasteiger partial charge in [0.15, 0.2) is 0 Å². The largest absolute Gasteiger partial charge is 0.467 e. The van der Waals surface area contributed by atoms with E-state index < -0.39 is 35.5 Å². The first-order valence-corrected chi connectivity index (χ1v) is 12.5. The Morgan fingerprint density at radius 2 is 1.77 bits per heavy atom. The second kappa shape index (κ2) is 12.3. The van der Waals surface area contributed by atoms with Gasteiger partial charge in [-0.25, -0.2) is 4.79 Å². The third kappa shape index (κ3) is 6.72. The first kappa shape index (κ1) is 28.6. The predicted molar refractivity (Wildman–Crippen MR) is 136 cm³/mol. The first-order valence-electron chi connectivity index (χ1n) is 12.5. The smallest absolute Gasteiger partial charge is 0.328 e. The second-order valence-corrected chi connectivity index (χ2v) is 10.5. The molecule has 1 aromatic rings. The fourth-order valence-corrected chi connectivity index (χ4v) is 5.31. The van der Waals surface area contributed by atoms with Crippen LogP contribution in [0.25, 0.3) is 0 Å². The summed E-state index contributed by atoms with van der Waals surface area (Å²) in [5.41, 5.74) is 0.820. The number of amides is 2. The van der Waals surface area contributed by atoms with E-state index in [0.29, 0.717) is 19.3 Å². The number of aliphatic hydroxyl groups is 1. The van der Waals surface area contributed by atoms with E-state index in [1.54, 1.807) is 0 Å². The molecule has 7 nitrogen and oxygen atoms in total. The third-order valence-electron chi connectivity index (χ3n) is 7.20. The zero-order chi connectivity index (χ0) is 26.3. The van der Waals surface area contributed by atoms with Gasteiger partial charge in [-0.15, -0.1) is 0 Å². The molecular formula is C28H42N2O5. The van der Waals surface area contributed by atoms with Gasteiger partial charge < -0.3 is 20.5 Å². The molecule has 0 fully saturated rings. The molecule has 5 atom stereocenters. The van der Waals surface area contributed by atoms with Crippen LogP contribution < -0.4 is 10.6 Å². The zero-order valence-electron chi connectivity index (χ0n) is 22.1. The average molecular weight is 487 g/mol. The number of benzene rings is 1. The standard InChI is InChI=1S/C28H42N2O5/c1-17(2)24(26(33)35-7)29-27(34)28(18(3)4,30-20(6)31)23-14-13-19(5)15-22(25(23)32)16-21-11-9-8-10-12-21/h8-13,17-18,22-25,32H,14-16H2,1-7H3,(H,29,34)(H,30,31)/t22?,23?,24-,25?,28+/m0/s1. The van der Waals surface area contributed by atoms with Crippen LogP contribution in [0.1, 0.15) is 59.9 Å². The number of carbonyl (C=O) groups excluding carboxylic acids is 3. The highest BCUT2D eigenvalue weighted by Gasteiger charge is 2.53. The van der Waals surface area contributed by atoms with Crippen molar-refractivity contribution in [2.24, 2.45) is 23.7 Å². The number of rotatable bonds is 9. The molecule has 2 rings (SSSR count). The molecule has 3 N–H and O–H groups in total. The summed E-state index contributed by atoms with van der Waals surface area (Å²) in [5.74, 6) is -2.72. The molecule has 0 saturated heterocycles. The molecule has 35 heavy (non-hydrogen) atoms. The monoisotopic (exact) mass is 486 g/mol. The maximum atomic E-state index is 14.0. The molecule has 0 saturated carbocycles. The van der Waals surface area contributed by atoms with E-state index in [1.807, 2.05) is 65.0 Å². The van der Waals surface area contributed by atoms with Gasteiger partial charge in [-0.1, -0.05) is 69.7 Å². The van der Waals surface area contributed by atoms with Crippen LogP contribution >= 0.6 is 0 Å². The van der Waals surface area contributed by atoms with Crippen molar-refractivity contribution in [3.8, 4) is 0 Å². The molecule has 3 unspecified atom stereocenters. The lowest BCUT2D eigenvalue weighted by molar-refractivity contribution is -0.150. The molecule has 2 amide bonds. The van der Waals surface area contributed by atoms with Crippen LogP contribution in [0.15, 0.2) is 42.0 Å². The minimum Gasteiger partial charge on any atom is -0.467 e. The fourth-order valence-electron chi connectivity index (χ4n) is 5.31. The Morgan fingerprint density at radius 1 is 1.14 bits per heavy atom. The topological polar surface area (TPSA) is 105 Å². The Labute approximate surface area is 209 Å². The van der Waals surface area contributed by atoms with E-state index in [1.165, 1.54) is 14.0 Å². The maximum absolute atomic E-state index is 14.0. The first-order chi connectivity index (χ1) is 16.4. The predicted octanol–water partition coefficient (Wildman–Crippen LogP) is 3.41. The van der Waals surface area contributed by atoms with Gasteiger partial charge in [0, 0.05) is 12.8 Å². The van der Waals surface area contributed by atoms with Gasteiger partial charge in [-0.3, -0.25) is 9.59 Å². The number of aliphatic hydroxyl groups excluding tert-OH is 1. The molecule has 1 aliphatic carbocycles. The van der Waals surface area contributed by atoms with Crippen molar-refractivity contribution < 1.29 is 24.2 Å². The fraction of sp³-hybridized carbons (Fsp3) is 0.607. The van der Waals surface area contributed by atoms with E-state index in [0.717, 1.165) is 11.1 Å². The van der Waals surface area contributed by atoms with Crippen LogP contribution in [0.5, 0.6) is 0 Å². The molecule has 0 bridgehead atoms. The van der Waals surface area contributed by atoms with Crippen LogP contribution in [0, 0.1) is 23.7 Å². The number of carbonyl (C=O) groups is 3. The van der Waals surface area contributed by atoms with Crippen molar-refractivity contribution in [1.82, 2.24) is 10.6 Å². The molecule has 0 spiro atoms. The molecule has 0 aromatic heterocycles. The lowest BCUT2D eigenvalue weighted by Crippen LogP contribution is -2.69. The summed E-state index contributed by atoms with van der Waals surface area (Å²) in [6.07, 6.45) is 2.97. The number of allylic oxidation sites excluding steroid dienone is 2. The highest BCUT2D eigenvalue weighted by molar-refractivity contribution is 5.94. The summed E-state index contributed by atoms with van der Waals surface area (Å²) < 4.78 is 4.91. The Bertz CT molecular complexity index is 911. The van der Waals surface area contributed by atoms with Crippen molar-refractivity contribution in [3.05, 3.63) is 47.5 Å². The van der Waals surface area contributed by atoms with E-state index in [4.69, 9.17) is 4.74 Å². The Morgan fingerprint density at radius 3 is 2.29 bits per heavy atom. The van der Waals surface area contributed by atoms with Crippen molar-refractivity contribution in [2.45, 2.75) is 78.5 Å². The van der Waals surface area contributed by atoms with Gasteiger partial charge in [-0.2, -0.15) is 0 Å². The minimum atomic E-state index is -1.43. The number of methoxy groups -OCH3 is 1. The number of nitrogens with one attached hydrogen (secondary N) is 2. The number of hydrogen-bond donors (Lipinski definition) is 3. The normalized spacial score (nSPS) is 23.0. The minimum absolute atomic E-state index is 0.137. The summed E-state index contributed by atoms with van der Waals surface area (Å²) in [6.45, 7) is 10.8. The Balaban J connectivity index is 2.55. The summed E-state index contributed by atoms with van der Waals surface area (Å²) in [7, 11) is 1.28. The molecule has 1 aromatic carbocycles. The van der Waals surface area contributed by atoms with Crippen LogP contribution in [-0.2, 0) is 25.5 Å². The van der Waals surface area contributed by atoms with E-state index >= 15 is 0 Å². The van der Waals surface area contributed by atoms with Crippen LogP contribution in [-0.4, -0.2) is 47.7 Å². The number of hydrogen-bond acceptors (Lipinski definition) is 5. The molecule has 1 aliphatic rings. The van der Waals surface area contributed by atoms with Gasteiger partial charge in [0.1, 0.15) is 11.6 Å². The molecule has 0 radical (unpaired) electrons. The van der Waals surface area contributed by atoms with Crippen molar-refractivity contribution in [2.75, 3.05) is 7.11 Å². The van der Waals surface area contributed by atoms with Gasteiger partial charge in [-0.05, 0) is 49.5 Å². The lowest BCUT2D eigenvalue weighted by atomic mass is 9.67. The highest BCUT2D eigenvalue weighted by Crippen LogP contribution is 2.40. The second-order valence-electron chi connectivity index (χ2n) is 10.5. The van der Waals surface area contributed by atoms with Crippen LogP contribution in [0.4, 0.5) is 0 Å². The van der Waals surface area contributed by atoms with E-state index in [9.17, 15) is 19.5 Å². The summed E-state index contributed by atoms with van der Waals surface area (Å²) in [5, 5.41) is 17.6. The van der Waals surface area contributed by atoms with E-state index in [-0.39, 0.29) is 23.7 Å². The van der Waals surface area contributed by atoms with Gasteiger partial charge in [0.2, 0.25) is 11.8 Å². The van der Waals surface area contributed by atoms with Crippen LogP contribution in [0.2, 0.25) is 0 Å². The van der Waals surface area contributed by atoms with E-state index in [2.05, 4.69) is 16.7 Å². The quantitative estimate of drug-likeness (QED) is 0.367. The van der Waals surface area contributed by atoms with Crippen molar-refractivity contribution >= 4 is 17.8 Å². The zero-order valence-corrected chi connectivity index (χ0v) is 22.1. The number of esters is 1. The third-order valence-corrected chi connectivity index (χ3v) is 7.20. The summed E-state index contributed by atoms with van der Waals surface area (Å²) >= 11 is 0. The van der Waals surface area contributed by atoms with Gasteiger partial charge in [0.25, 0.3) is 0 Å². The van der Waals surface area contributed by atoms with Crippen molar-refractivity contribution in [3.63, 3.8) is 0 Å². The molecule has 194 valence electrons. The summed E-state index contributed by atoms with van der Waals surface area (Å²) in [4.78, 5) is 38.9. The van der Waals surface area contributed by atoms with Gasteiger partial charge in [0.05, 0.1) is 13.2 Å². The highest BCUT2D eigenvalue weighted by atomic mass is 16.5. The van der Waals surface area contributed by atoms with Gasteiger partial charge >= 0.3 is 5.97 Å². The van der Waals surface area contributed by atoms with Crippen molar-refractivity contribution in [1.29, 1.82) is 0 Å².